The number of ether oxygens (including phenoxy) is 1. The molecule has 2 aliphatic rings. The molecule has 0 spiro atoms. The van der Waals surface area contributed by atoms with E-state index in [-0.39, 0.29) is 0 Å². The van der Waals surface area contributed by atoms with E-state index in [1.165, 1.54) is 32.2 Å². The summed E-state index contributed by atoms with van der Waals surface area (Å²) in [5.74, 6) is 3.19. The van der Waals surface area contributed by atoms with Gasteiger partial charge < -0.3 is 15.4 Å². The third kappa shape index (κ3) is 3.44. The average Bonchev–Trinajstić information content (AvgIpc) is 3.02. The lowest BCUT2D eigenvalue weighted by Gasteiger charge is -2.05. The Labute approximate surface area is 99.3 Å². The van der Waals surface area contributed by atoms with Crippen molar-refractivity contribution in [3.8, 4) is 0 Å². The molecule has 0 bridgehead atoms. The molecule has 2 unspecified atom stereocenters. The normalized spacial score (nSPS) is 32.4. The second-order valence-corrected chi connectivity index (χ2v) is 5.22. The van der Waals surface area contributed by atoms with Crippen molar-refractivity contribution in [1.82, 2.24) is 10.6 Å². The van der Waals surface area contributed by atoms with Gasteiger partial charge in [-0.2, -0.15) is 0 Å². The Morgan fingerprint density at radius 1 is 1.00 bits per heavy atom. The van der Waals surface area contributed by atoms with Crippen LogP contribution < -0.4 is 10.6 Å². The van der Waals surface area contributed by atoms with Crippen LogP contribution in [-0.4, -0.2) is 39.9 Å². The Kier molecular flexibility index (Phi) is 5.07. The fourth-order valence-corrected chi connectivity index (χ4v) is 3.19. The highest BCUT2D eigenvalue weighted by molar-refractivity contribution is 4.99. The number of fused-ring (bicyclic) bond motifs is 1. The molecule has 0 aromatic rings. The van der Waals surface area contributed by atoms with Crippen LogP contribution in [-0.2, 0) is 4.74 Å². The van der Waals surface area contributed by atoms with Crippen molar-refractivity contribution in [2.24, 2.45) is 17.8 Å². The third-order valence-corrected chi connectivity index (χ3v) is 4.18. The highest BCUT2D eigenvalue weighted by Crippen LogP contribution is 2.54. The minimum absolute atomic E-state index is 0.812. The van der Waals surface area contributed by atoms with Crippen molar-refractivity contribution in [1.29, 1.82) is 0 Å². The number of nitrogens with one attached hydrogen (secondary N) is 2. The van der Waals surface area contributed by atoms with E-state index < -0.39 is 0 Å². The van der Waals surface area contributed by atoms with Gasteiger partial charge in [0.25, 0.3) is 0 Å². The van der Waals surface area contributed by atoms with Crippen LogP contribution in [0.15, 0.2) is 0 Å². The zero-order valence-electron chi connectivity index (χ0n) is 10.5. The summed E-state index contributed by atoms with van der Waals surface area (Å²) in [6.45, 7) is 5.19. The highest BCUT2D eigenvalue weighted by atomic mass is 16.5. The van der Waals surface area contributed by atoms with E-state index in [4.69, 9.17) is 4.74 Å². The fourth-order valence-electron chi connectivity index (χ4n) is 3.19. The number of hydrogen-bond donors (Lipinski definition) is 2. The largest absolute Gasteiger partial charge is 0.383 e. The van der Waals surface area contributed by atoms with Crippen LogP contribution >= 0.6 is 0 Å². The number of methoxy groups -OCH3 is 1. The Balaban J connectivity index is 1.41. The Morgan fingerprint density at radius 3 is 2.38 bits per heavy atom. The van der Waals surface area contributed by atoms with Crippen molar-refractivity contribution < 1.29 is 4.74 Å². The van der Waals surface area contributed by atoms with E-state index in [0.29, 0.717) is 0 Å². The van der Waals surface area contributed by atoms with E-state index >= 15 is 0 Å². The summed E-state index contributed by atoms with van der Waals surface area (Å²) in [5.41, 5.74) is 0. The third-order valence-electron chi connectivity index (χ3n) is 4.18. The minimum atomic E-state index is 0.812. The molecule has 94 valence electrons. The standard InChI is InChI=1S/C13H26N2O/c1-16-9-8-14-6-7-15-10-13-11-4-2-3-5-12(11)13/h11-15H,2-10H2,1H3. The zero-order valence-corrected chi connectivity index (χ0v) is 10.5. The second kappa shape index (κ2) is 6.58. The lowest BCUT2D eigenvalue weighted by molar-refractivity contribution is 0.199. The molecular weight excluding hydrogens is 200 g/mol. The van der Waals surface area contributed by atoms with Gasteiger partial charge in [-0.05, 0) is 37.1 Å². The van der Waals surface area contributed by atoms with Crippen LogP contribution in [0.4, 0.5) is 0 Å². The van der Waals surface area contributed by atoms with Gasteiger partial charge in [0.15, 0.2) is 0 Å². The van der Waals surface area contributed by atoms with Crippen LogP contribution in [0.5, 0.6) is 0 Å². The highest BCUT2D eigenvalue weighted by Gasteiger charge is 2.49. The molecule has 0 radical (unpaired) electrons. The molecule has 0 aliphatic heterocycles. The Morgan fingerprint density at radius 2 is 1.69 bits per heavy atom. The molecule has 0 aromatic heterocycles. The van der Waals surface area contributed by atoms with Crippen LogP contribution in [0.1, 0.15) is 25.7 Å². The van der Waals surface area contributed by atoms with E-state index in [1.54, 1.807) is 7.11 Å². The number of hydrogen-bond acceptors (Lipinski definition) is 3. The molecule has 16 heavy (non-hydrogen) atoms. The smallest absolute Gasteiger partial charge is 0.0587 e. The monoisotopic (exact) mass is 226 g/mol. The molecule has 3 nitrogen and oxygen atoms in total. The quantitative estimate of drug-likeness (QED) is 0.611. The lowest BCUT2D eigenvalue weighted by atomic mass is 10.0. The maximum atomic E-state index is 4.98. The first-order valence-corrected chi connectivity index (χ1v) is 6.84. The van der Waals surface area contributed by atoms with Gasteiger partial charge in [-0.1, -0.05) is 12.8 Å². The van der Waals surface area contributed by atoms with E-state index in [2.05, 4.69) is 10.6 Å². The van der Waals surface area contributed by atoms with Gasteiger partial charge in [0.1, 0.15) is 0 Å². The lowest BCUT2D eigenvalue weighted by Crippen LogP contribution is -2.30. The van der Waals surface area contributed by atoms with Crippen molar-refractivity contribution in [2.75, 3.05) is 39.9 Å². The zero-order chi connectivity index (χ0) is 11.2. The molecule has 2 saturated carbocycles. The van der Waals surface area contributed by atoms with Crippen LogP contribution in [0.2, 0.25) is 0 Å². The summed E-state index contributed by atoms with van der Waals surface area (Å²) in [7, 11) is 1.74. The predicted octanol–water partition coefficient (Wildman–Crippen LogP) is 1.25. The molecule has 0 amide bonds. The summed E-state index contributed by atoms with van der Waals surface area (Å²) in [6.07, 6.45) is 5.97. The fraction of sp³-hybridized carbons (Fsp3) is 1.00. The first-order chi connectivity index (χ1) is 7.93. The van der Waals surface area contributed by atoms with Gasteiger partial charge in [-0.25, -0.2) is 0 Å². The summed E-state index contributed by atoms with van der Waals surface area (Å²) >= 11 is 0. The minimum Gasteiger partial charge on any atom is -0.383 e. The molecule has 2 N–H and O–H groups in total. The molecule has 2 atom stereocenters. The van der Waals surface area contributed by atoms with E-state index in [1.807, 2.05) is 0 Å². The second-order valence-electron chi connectivity index (χ2n) is 5.22. The molecule has 0 heterocycles. The number of rotatable bonds is 8. The predicted molar refractivity (Wildman–Crippen MR) is 66.6 cm³/mol. The van der Waals surface area contributed by atoms with Gasteiger partial charge in [-0.15, -0.1) is 0 Å². The van der Waals surface area contributed by atoms with Crippen LogP contribution in [0.3, 0.4) is 0 Å². The van der Waals surface area contributed by atoms with Crippen molar-refractivity contribution in [2.45, 2.75) is 25.7 Å². The first-order valence-electron chi connectivity index (χ1n) is 6.84. The van der Waals surface area contributed by atoms with Gasteiger partial charge in [0.05, 0.1) is 6.61 Å². The molecule has 0 aromatic carbocycles. The van der Waals surface area contributed by atoms with Gasteiger partial charge in [0, 0.05) is 26.7 Å². The van der Waals surface area contributed by atoms with Crippen LogP contribution in [0.25, 0.3) is 0 Å². The maximum Gasteiger partial charge on any atom is 0.0587 e. The molecule has 0 saturated heterocycles. The molecule has 2 rings (SSSR count). The van der Waals surface area contributed by atoms with Gasteiger partial charge in [0.2, 0.25) is 0 Å². The Hall–Kier alpha value is -0.120. The maximum absolute atomic E-state index is 4.98. The van der Waals surface area contributed by atoms with E-state index in [9.17, 15) is 0 Å². The first kappa shape index (κ1) is 12.3. The van der Waals surface area contributed by atoms with Gasteiger partial charge >= 0.3 is 0 Å². The topological polar surface area (TPSA) is 33.3 Å². The SMILES string of the molecule is COCCNCCNCC1C2CCCCC21. The molecule has 3 heteroatoms. The van der Waals surface area contributed by atoms with Crippen molar-refractivity contribution in [3.63, 3.8) is 0 Å². The molecule has 2 fully saturated rings. The summed E-state index contributed by atoms with van der Waals surface area (Å²) in [6, 6.07) is 0. The van der Waals surface area contributed by atoms with Gasteiger partial charge in [-0.3, -0.25) is 0 Å². The van der Waals surface area contributed by atoms with Crippen molar-refractivity contribution >= 4 is 0 Å². The molecule has 2 aliphatic carbocycles. The van der Waals surface area contributed by atoms with Crippen molar-refractivity contribution in [3.05, 3.63) is 0 Å². The van der Waals surface area contributed by atoms with E-state index in [0.717, 1.165) is 44.0 Å². The summed E-state index contributed by atoms with van der Waals surface area (Å²) in [5, 5.41) is 6.93. The summed E-state index contributed by atoms with van der Waals surface area (Å²) in [4.78, 5) is 0. The average molecular weight is 226 g/mol. The molecular formula is C13H26N2O. The summed E-state index contributed by atoms with van der Waals surface area (Å²) < 4.78 is 4.98. The van der Waals surface area contributed by atoms with Crippen LogP contribution in [0, 0.1) is 17.8 Å². The Bertz CT molecular complexity index is 186.